The van der Waals surface area contributed by atoms with Crippen molar-refractivity contribution in [3.8, 4) is 17.1 Å². The van der Waals surface area contributed by atoms with Crippen LogP contribution in [0, 0.1) is 0 Å². The molecule has 1 heterocycles. The molecule has 1 aromatic heterocycles. The molecule has 1 N–H and O–H groups in total. The molecule has 0 saturated carbocycles. The predicted molar refractivity (Wildman–Crippen MR) is 69.7 cm³/mol. The van der Waals surface area contributed by atoms with Gasteiger partial charge in [0.1, 0.15) is 5.75 Å². The third-order valence-electron chi connectivity index (χ3n) is 2.33. The fourth-order valence-corrected chi connectivity index (χ4v) is 1.46. The van der Waals surface area contributed by atoms with E-state index in [1.165, 1.54) is 12.3 Å². The Kier molecular flexibility index (Phi) is 5.86. The Morgan fingerprint density at radius 3 is 2.11 bits per heavy atom. The summed E-state index contributed by atoms with van der Waals surface area (Å²) >= 11 is 0. The van der Waals surface area contributed by atoms with Crippen LogP contribution < -0.4 is 5.43 Å². The van der Waals surface area contributed by atoms with Gasteiger partial charge in [-0.05, 0) is 0 Å². The Balaban J connectivity index is 0.000000256. The molecule has 0 aliphatic heterocycles. The van der Waals surface area contributed by atoms with Crippen LogP contribution in [0.3, 0.4) is 0 Å². The molecule has 0 amide bonds. The van der Waals surface area contributed by atoms with E-state index in [0.29, 0.717) is 5.56 Å². The summed E-state index contributed by atoms with van der Waals surface area (Å²) in [4.78, 5) is 11.0. The zero-order valence-corrected chi connectivity index (χ0v) is 11.1. The molecule has 104 valence electrons. The summed E-state index contributed by atoms with van der Waals surface area (Å²) in [6, 6.07) is 18.3. The second kappa shape index (κ2) is 7.41. The second-order valence-corrected chi connectivity index (χ2v) is 3.60. The molecule has 0 radical (unpaired) electrons. The summed E-state index contributed by atoms with van der Waals surface area (Å²) < 4.78 is 5.03. The van der Waals surface area contributed by atoms with Crippen molar-refractivity contribution in [3.05, 3.63) is 77.2 Å². The van der Waals surface area contributed by atoms with Gasteiger partial charge in [-0.15, -0.1) is 12.1 Å². The first-order valence-corrected chi connectivity index (χ1v) is 5.48. The number of rotatable bonds is 1. The molecule has 2 aromatic carbocycles. The van der Waals surface area contributed by atoms with Crippen LogP contribution in [0.1, 0.15) is 0 Å². The maximum Gasteiger partial charge on any atom is 0.186 e. The van der Waals surface area contributed by atoms with Crippen molar-refractivity contribution in [1.29, 1.82) is 0 Å². The van der Waals surface area contributed by atoms with Gasteiger partial charge in [0, 0.05) is 23.1 Å². The predicted octanol–water partition coefficient (Wildman–Crippen LogP) is 3.13. The standard InChI is InChI=1S/C10H7O3.C5H5.Fe/c11-8-5-6-13-10(9(8)12)7-3-1-2-4-7;1-2-4-5-3-1;/h1-6,12H;1-5H;/q-1;-5;. The molecule has 4 heteroatoms. The van der Waals surface area contributed by atoms with E-state index >= 15 is 0 Å². The van der Waals surface area contributed by atoms with Crippen molar-refractivity contribution in [2.75, 3.05) is 0 Å². The number of hydrogen-bond acceptors (Lipinski definition) is 3. The molecular weight excluding hydrogens is 284 g/mol. The molecule has 3 rings (SSSR count). The SMILES string of the molecule is O=c1ccoc(-[c-]2cccc2)c1O.[Fe].[cH-]1[cH-][cH-][cH-][cH-]1. The Morgan fingerprint density at radius 1 is 1.05 bits per heavy atom. The van der Waals surface area contributed by atoms with Crippen molar-refractivity contribution in [3.63, 3.8) is 0 Å². The molecule has 0 unspecified atom stereocenters. The average molecular weight is 296 g/mol. The van der Waals surface area contributed by atoms with Crippen LogP contribution in [-0.4, -0.2) is 5.11 Å². The van der Waals surface area contributed by atoms with E-state index in [4.69, 9.17) is 4.42 Å². The summed E-state index contributed by atoms with van der Waals surface area (Å²) in [6.07, 6.45) is 1.27. The molecule has 0 aliphatic rings. The second-order valence-electron chi connectivity index (χ2n) is 3.60. The molecule has 0 saturated heterocycles. The third kappa shape index (κ3) is 3.98. The van der Waals surface area contributed by atoms with E-state index in [0.717, 1.165) is 0 Å². The van der Waals surface area contributed by atoms with Crippen molar-refractivity contribution in [1.82, 2.24) is 0 Å². The van der Waals surface area contributed by atoms with Crippen LogP contribution in [0.15, 0.2) is 76.1 Å². The summed E-state index contributed by atoms with van der Waals surface area (Å²) in [7, 11) is 0. The molecule has 0 atom stereocenters. The molecule has 0 spiro atoms. The Labute approximate surface area is 121 Å². The van der Waals surface area contributed by atoms with Crippen LogP contribution in [0.5, 0.6) is 5.75 Å². The summed E-state index contributed by atoms with van der Waals surface area (Å²) in [6.45, 7) is 0. The third-order valence-corrected chi connectivity index (χ3v) is 2.33. The van der Waals surface area contributed by atoms with Gasteiger partial charge in [-0.25, -0.2) is 0 Å². The van der Waals surface area contributed by atoms with Crippen molar-refractivity contribution < 1.29 is 26.6 Å². The normalized spacial score (nSPS) is 9.05. The first-order valence-electron chi connectivity index (χ1n) is 5.48. The molecule has 19 heavy (non-hydrogen) atoms. The van der Waals surface area contributed by atoms with Gasteiger partial charge < -0.3 is 39.9 Å². The quantitative estimate of drug-likeness (QED) is 0.554. The maximum atomic E-state index is 11.0. The minimum Gasteiger partial charge on any atom is -0.748 e. The van der Waals surface area contributed by atoms with Crippen molar-refractivity contribution in [2.24, 2.45) is 0 Å². The summed E-state index contributed by atoms with van der Waals surface area (Å²) in [5, 5.41) is 9.36. The first-order chi connectivity index (χ1) is 8.79. The first kappa shape index (κ1) is 15.0. The molecule has 0 bridgehead atoms. The minimum absolute atomic E-state index is 0. The number of aromatic hydroxyl groups is 1. The van der Waals surface area contributed by atoms with Crippen LogP contribution >= 0.6 is 0 Å². The largest absolute Gasteiger partial charge is 0.748 e. The van der Waals surface area contributed by atoms with E-state index < -0.39 is 5.43 Å². The van der Waals surface area contributed by atoms with E-state index in [2.05, 4.69) is 0 Å². The van der Waals surface area contributed by atoms with Crippen molar-refractivity contribution >= 4 is 0 Å². The Hall–Kier alpha value is -2.03. The molecular formula is C15H12FeO3-6. The van der Waals surface area contributed by atoms with E-state index in [9.17, 15) is 9.90 Å². The van der Waals surface area contributed by atoms with E-state index in [1.54, 1.807) is 12.1 Å². The fraction of sp³-hybridized carbons (Fsp3) is 0. The topological polar surface area (TPSA) is 50.4 Å². The zero-order valence-electron chi connectivity index (χ0n) is 9.97. The molecule has 0 aliphatic carbocycles. The monoisotopic (exact) mass is 296 g/mol. The molecule has 0 fully saturated rings. The van der Waals surface area contributed by atoms with Gasteiger partial charge in [-0.1, -0.05) is 5.56 Å². The minimum atomic E-state index is -0.428. The van der Waals surface area contributed by atoms with Gasteiger partial charge in [-0.3, -0.25) is 4.79 Å². The van der Waals surface area contributed by atoms with Crippen molar-refractivity contribution in [2.45, 2.75) is 0 Å². The van der Waals surface area contributed by atoms with Gasteiger partial charge in [0.05, 0.1) is 12.0 Å². The van der Waals surface area contributed by atoms with Crippen LogP contribution in [0.2, 0.25) is 0 Å². The van der Waals surface area contributed by atoms with Crippen LogP contribution in [-0.2, 0) is 17.1 Å². The Bertz CT molecular complexity index is 605. The van der Waals surface area contributed by atoms with E-state index in [-0.39, 0.29) is 28.6 Å². The average Bonchev–Trinajstić information content (AvgIpc) is 3.07. The maximum absolute atomic E-state index is 11.0. The van der Waals surface area contributed by atoms with Gasteiger partial charge in [0.2, 0.25) is 0 Å². The Morgan fingerprint density at radius 2 is 1.58 bits per heavy atom. The van der Waals surface area contributed by atoms with E-state index in [1.807, 2.05) is 42.5 Å². The van der Waals surface area contributed by atoms with Crippen LogP contribution in [0.25, 0.3) is 11.3 Å². The summed E-state index contributed by atoms with van der Waals surface area (Å²) in [5.74, 6) is -0.119. The van der Waals surface area contributed by atoms with Gasteiger partial charge in [0.25, 0.3) is 0 Å². The number of hydrogen-bond donors (Lipinski definition) is 1. The zero-order chi connectivity index (χ0) is 12.8. The van der Waals surface area contributed by atoms with Crippen LogP contribution in [0.4, 0.5) is 0 Å². The smallest absolute Gasteiger partial charge is 0.186 e. The van der Waals surface area contributed by atoms with Gasteiger partial charge in [-0.2, -0.15) is 12.1 Å². The van der Waals surface area contributed by atoms with Gasteiger partial charge in [0.15, 0.2) is 5.43 Å². The van der Waals surface area contributed by atoms with Gasteiger partial charge >= 0.3 is 0 Å². The fourth-order valence-electron chi connectivity index (χ4n) is 1.46. The molecule has 3 aromatic rings. The molecule has 3 nitrogen and oxygen atoms in total. The summed E-state index contributed by atoms with van der Waals surface area (Å²) in [5.41, 5.74) is 0.276.